The molecule has 0 atom stereocenters. The Morgan fingerprint density at radius 1 is 1.00 bits per heavy atom. The van der Waals surface area contributed by atoms with Crippen LogP contribution in [0.3, 0.4) is 0 Å². The van der Waals surface area contributed by atoms with Crippen molar-refractivity contribution < 1.29 is 4.39 Å². The van der Waals surface area contributed by atoms with Crippen LogP contribution in [0.5, 0.6) is 0 Å². The predicted molar refractivity (Wildman–Crippen MR) is 104 cm³/mol. The van der Waals surface area contributed by atoms with Crippen LogP contribution in [-0.4, -0.2) is 25.9 Å². The number of rotatable bonds is 3. The van der Waals surface area contributed by atoms with E-state index in [1.807, 2.05) is 24.3 Å². The van der Waals surface area contributed by atoms with Gasteiger partial charge in [0.25, 0.3) is 0 Å². The topological polar surface area (TPSA) is 55.1 Å². The fourth-order valence-electron chi connectivity index (χ4n) is 3.94. The van der Waals surface area contributed by atoms with Crippen LogP contribution >= 0.6 is 0 Å². The number of para-hydroxylation sites is 1. The minimum absolute atomic E-state index is 0.296. The third kappa shape index (κ3) is 2.91. The van der Waals surface area contributed by atoms with Gasteiger partial charge in [-0.1, -0.05) is 48.7 Å². The summed E-state index contributed by atoms with van der Waals surface area (Å²) in [6, 6.07) is 14.9. The van der Waals surface area contributed by atoms with Crippen molar-refractivity contribution in [3.05, 3.63) is 54.3 Å². The number of nitrogens with zero attached hydrogens (tertiary/aromatic N) is 4. The molecule has 0 bridgehead atoms. The zero-order chi connectivity index (χ0) is 18.2. The van der Waals surface area contributed by atoms with Gasteiger partial charge in [0.15, 0.2) is 5.65 Å². The van der Waals surface area contributed by atoms with Gasteiger partial charge in [0.2, 0.25) is 0 Å². The van der Waals surface area contributed by atoms with Gasteiger partial charge in [0, 0.05) is 17.0 Å². The molecule has 5 nitrogen and oxygen atoms in total. The number of aromatic nitrogens is 4. The van der Waals surface area contributed by atoms with E-state index in [-0.39, 0.29) is 5.82 Å². The minimum atomic E-state index is -0.296. The summed E-state index contributed by atoms with van der Waals surface area (Å²) in [5, 5.41) is 13.3. The SMILES string of the molecule is Fc1cccc(-c2nnn3c2nc(NC2CCCCC2)c2ccccc23)c1. The van der Waals surface area contributed by atoms with E-state index in [0.717, 1.165) is 29.6 Å². The van der Waals surface area contributed by atoms with Gasteiger partial charge in [-0.3, -0.25) is 0 Å². The zero-order valence-corrected chi connectivity index (χ0v) is 14.9. The summed E-state index contributed by atoms with van der Waals surface area (Å²) in [4.78, 5) is 4.87. The standard InChI is InChI=1S/C21H20FN5/c22-15-8-6-7-14(13-15)19-21-24-20(23-16-9-2-1-3-10-16)17-11-4-5-12-18(17)27(21)26-25-19/h4-8,11-13,16H,1-3,9-10H2,(H,23,24). The van der Waals surface area contributed by atoms with Gasteiger partial charge in [0.05, 0.1) is 5.52 Å². The highest BCUT2D eigenvalue weighted by molar-refractivity contribution is 5.93. The quantitative estimate of drug-likeness (QED) is 0.568. The molecular weight excluding hydrogens is 341 g/mol. The Morgan fingerprint density at radius 2 is 1.85 bits per heavy atom. The lowest BCUT2D eigenvalue weighted by Gasteiger charge is -2.24. The van der Waals surface area contributed by atoms with E-state index in [1.165, 1.54) is 31.4 Å². The average Bonchev–Trinajstić information content (AvgIpc) is 3.13. The lowest BCUT2D eigenvalue weighted by atomic mass is 9.95. The molecule has 0 amide bonds. The van der Waals surface area contributed by atoms with Crippen molar-refractivity contribution in [1.82, 2.24) is 19.8 Å². The summed E-state index contributed by atoms with van der Waals surface area (Å²) in [5.41, 5.74) is 2.84. The Labute approximate surface area is 156 Å². The molecule has 0 saturated heterocycles. The van der Waals surface area contributed by atoms with Crippen molar-refractivity contribution in [2.45, 2.75) is 38.1 Å². The Kier molecular flexibility index (Phi) is 3.96. The molecule has 2 aromatic carbocycles. The van der Waals surface area contributed by atoms with Crippen LogP contribution in [0, 0.1) is 5.82 Å². The van der Waals surface area contributed by atoms with Crippen molar-refractivity contribution >= 4 is 22.4 Å². The Balaban J connectivity index is 1.69. The fourth-order valence-corrected chi connectivity index (χ4v) is 3.94. The molecule has 6 heteroatoms. The van der Waals surface area contributed by atoms with Gasteiger partial charge >= 0.3 is 0 Å². The molecule has 5 rings (SSSR count). The molecule has 136 valence electrons. The second-order valence-electron chi connectivity index (χ2n) is 7.14. The number of fused-ring (bicyclic) bond motifs is 3. The van der Waals surface area contributed by atoms with Crippen LogP contribution in [-0.2, 0) is 0 Å². The molecule has 2 heterocycles. The summed E-state index contributed by atoms with van der Waals surface area (Å²) < 4.78 is 15.5. The molecule has 1 fully saturated rings. The van der Waals surface area contributed by atoms with Gasteiger partial charge in [-0.2, -0.15) is 4.52 Å². The number of nitrogens with one attached hydrogen (secondary N) is 1. The van der Waals surface area contributed by atoms with Crippen molar-refractivity contribution in [2.75, 3.05) is 5.32 Å². The van der Waals surface area contributed by atoms with Crippen molar-refractivity contribution in [2.24, 2.45) is 0 Å². The molecule has 4 aromatic rings. The molecule has 1 aliphatic rings. The first kappa shape index (κ1) is 16.2. The van der Waals surface area contributed by atoms with E-state index >= 15 is 0 Å². The Morgan fingerprint density at radius 3 is 2.70 bits per heavy atom. The van der Waals surface area contributed by atoms with Crippen LogP contribution in [0.15, 0.2) is 48.5 Å². The number of hydrogen-bond acceptors (Lipinski definition) is 4. The van der Waals surface area contributed by atoms with Crippen LogP contribution in [0.2, 0.25) is 0 Å². The minimum Gasteiger partial charge on any atom is -0.367 e. The summed E-state index contributed by atoms with van der Waals surface area (Å²) in [5.74, 6) is 0.556. The first-order chi connectivity index (χ1) is 13.3. The highest BCUT2D eigenvalue weighted by Gasteiger charge is 2.19. The molecule has 2 aromatic heterocycles. The second kappa shape index (κ2) is 6.61. The lowest BCUT2D eigenvalue weighted by molar-refractivity contribution is 0.462. The van der Waals surface area contributed by atoms with Crippen LogP contribution in [0.1, 0.15) is 32.1 Å². The molecule has 1 saturated carbocycles. The normalized spacial score (nSPS) is 15.4. The fraction of sp³-hybridized carbons (Fsp3) is 0.286. The maximum atomic E-state index is 13.7. The molecule has 0 spiro atoms. The highest BCUT2D eigenvalue weighted by Crippen LogP contribution is 2.30. The van der Waals surface area contributed by atoms with E-state index in [1.54, 1.807) is 10.6 Å². The van der Waals surface area contributed by atoms with Crippen molar-refractivity contribution in [3.63, 3.8) is 0 Å². The number of hydrogen-bond donors (Lipinski definition) is 1. The molecule has 0 unspecified atom stereocenters. The molecule has 1 N–H and O–H groups in total. The first-order valence-corrected chi connectivity index (χ1v) is 9.46. The van der Waals surface area contributed by atoms with E-state index in [2.05, 4.69) is 21.7 Å². The molecule has 0 aliphatic heterocycles. The average molecular weight is 361 g/mol. The van der Waals surface area contributed by atoms with Crippen molar-refractivity contribution in [3.8, 4) is 11.3 Å². The monoisotopic (exact) mass is 361 g/mol. The van der Waals surface area contributed by atoms with E-state index in [9.17, 15) is 4.39 Å². The summed E-state index contributed by atoms with van der Waals surface area (Å²) >= 11 is 0. The first-order valence-electron chi connectivity index (χ1n) is 9.46. The van der Waals surface area contributed by atoms with Crippen molar-refractivity contribution in [1.29, 1.82) is 0 Å². The van der Waals surface area contributed by atoms with E-state index in [4.69, 9.17) is 4.98 Å². The number of anilines is 1. The third-order valence-corrected chi connectivity index (χ3v) is 5.30. The predicted octanol–water partition coefficient (Wildman–Crippen LogP) is 4.83. The maximum absolute atomic E-state index is 13.7. The molecule has 1 aliphatic carbocycles. The smallest absolute Gasteiger partial charge is 0.186 e. The Bertz CT molecular complexity index is 1110. The van der Waals surface area contributed by atoms with E-state index < -0.39 is 0 Å². The van der Waals surface area contributed by atoms with Gasteiger partial charge in [0.1, 0.15) is 17.3 Å². The zero-order valence-electron chi connectivity index (χ0n) is 14.9. The number of benzene rings is 2. The summed E-state index contributed by atoms with van der Waals surface area (Å²) in [6.07, 6.45) is 6.13. The number of halogens is 1. The van der Waals surface area contributed by atoms with Crippen LogP contribution < -0.4 is 5.32 Å². The molecule has 27 heavy (non-hydrogen) atoms. The Hall–Kier alpha value is -3.02. The van der Waals surface area contributed by atoms with Gasteiger partial charge in [-0.25, -0.2) is 9.37 Å². The lowest BCUT2D eigenvalue weighted by Crippen LogP contribution is -2.23. The van der Waals surface area contributed by atoms with Gasteiger partial charge in [-0.15, -0.1) is 5.10 Å². The van der Waals surface area contributed by atoms with Crippen LogP contribution in [0.4, 0.5) is 10.2 Å². The summed E-state index contributed by atoms with van der Waals surface area (Å²) in [7, 11) is 0. The summed E-state index contributed by atoms with van der Waals surface area (Å²) in [6.45, 7) is 0. The third-order valence-electron chi connectivity index (χ3n) is 5.30. The van der Waals surface area contributed by atoms with E-state index in [0.29, 0.717) is 22.9 Å². The molecule has 0 radical (unpaired) electrons. The maximum Gasteiger partial charge on any atom is 0.186 e. The van der Waals surface area contributed by atoms with Gasteiger partial charge < -0.3 is 5.32 Å². The second-order valence-corrected chi connectivity index (χ2v) is 7.14. The molecular formula is C21H20FN5. The largest absolute Gasteiger partial charge is 0.367 e. The van der Waals surface area contributed by atoms with Crippen LogP contribution in [0.25, 0.3) is 27.8 Å². The van der Waals surface area contributed by atoms with Gasteiger partial charge in [-0.05, 0) is 37.1 Å². The highest BCUT2D eigenvalue weighted by atomic mass is 19.1.